The van der Waals surface area contributed by atoms with E-state index in [1.165, 1.54) is 16.5 Å². The van der Waals surface area contributed by atoms with Crippen molar-refractivity contribution in [2.45, 2.75) is 0 Å². The zero-order chi connectivity index (χ0) is 17.3. The van der Waals surface area contributed by atoms with Crippen LogP contribution < -0.4 is 0 Å². The SMILES string of the molecule is c1ccc(-c2ccccc2-c2ncnc3c2ccc2ccccc23)cc1. The van der Waals surface area contributed by atoms with E-state index in [0.717, 1.165) is 27.5 Å². The summed E-state index contributed by atoms with van der Waals surface area (Å²) < 4.78 is 0. The third kappa shape index (κ3) is 2.35. The van der Waals surface area contributed by atoms with E-state index in [1.807, 2.05) is 6.07 Å². The highest BCUT2D eigenvalue weighted by Crippen LogP contribution is 2.35. The molecule has 0 amide bonds. The number of hydrogen-bond acceptors (Lipinski definition) is 2. The van der Waals surface area contributed by atoms with Crippen LogP contribution in [0.2, 0.25) is 0 Å². The third-order valence-electron chi connectivity index (χ3n) is 4.80. The summed E-state index contributed by atoms with van der Waals surface area (Å²) in [5.41, 5.74) is 5.47. The molecule has 1 aromatic heterocycles. The molecule has 4 aromatic carbocycles. The Balaban J connectivity index is 1.83. The molecular formula is C24H16N2. The average Bonchev–Trinajstić information content (AvgIpc) is 2.74. The molecule has 0 N–H and O–H groups in total. The maximum absolute atomic E-state index is 4.66. The highest BCUT2D eigenvalue weighted by Gasteiger charge is 2.13. The monoisotopic (exact) mass is 332 g/mol. The first-order valence-corrected chi connectivity index (χ1v) is 8.69. The summed E-state index contributed by atoms with van der Waals surface area (Å²) in [4.78, 5) is 9.25. The molecule has 0 spiro atoms. The second-order valence-corrected chi connectivity index (χ2v) is 6.32. The fourth-order valence-corrected chi connectivity index (χ4v) is 3.57. The Bertz CT molecular complexity index is 1230. The lowest BCUT2D eigenvalue weighted by Crippen LogP contribution is -1.92. The molecule has 2 nitrogen and oxygen atoms in total. The molecular weight excluding hydrogens is 316 g/mol. The van der Waals surface area contributed by atoms with Gasteiger partial charge in [-0.25, -0.2) is 9.97 Å². The third-order valence-corrected chi connectivity index (χ3v) is 4.80. The molecule has 0 saturated carbocycles. The van der Waals surface area contributed by atoms with Crippen molar-refractivity contribution in [2.24, 2.45) is 0 Å². The van der Waals surface area contributed by atoms with Crippen molar-refractivity contribution in [1.82, 2.24) is 9.97 Å². The predicted molar refractivity (Wildman–Crippen MR) is 108 cm³/mol. The van der Waals surface area contributed by atoms with E-state index in [9.17, 15) is 0 Å². The fourth-order valence-electron chi connectivity index (χ4n) is 3.57. The lowest BCUT2D eigenvalue weighted by molar-refractivity contribution is 1.23. The number of aromatic nitrogens is 2. The van der Waals surface area contributed by atoms with Crippen LogP contribution in [-0.2, 0) is 0 Å². The summed E-state index contributed by atoms with van der Waals surface area (Å²) in [6.07, 6.45) is 1.67. The van der Waals surface area contributed by atoms with Crippen LogP contribution in [0.5, 0.6) is 0 Å². The van der Waals surface area contributed by atoms with Gasteiger partial charge in [0, 0.05) is 16.3 Å². The van der Waals surface area contributed by atoms with Gasteiger partial charge in [-0.05, 0) is 22.6 Å². The van der Waals surface area contributed by atoms with Gasteiger partial charge in [0.2, 0.25) is 0 Å². The molecule has 0 aliphatic heterocycles. The first-order chi connectivity index (χ1) is 12.9. The zero-order valence-corrected chi connectivity index (χ0v) is 14.1. The minimum atomic E-state index is 0.972. The largest absolute Gasteiger partial charge is 0.236 e. The zero-order valence-electron chi connectivity index (χ0n) is 14.1. The first kappa shape index (κ1) is 14.8. The standard InChI is InChI=1S/C24H16N2/c1-2-8-17(9-3-1)19-11-6-7-13-21(19)24-22-15-14-18-10-4-5-12-20(18)23(22)25-16-26-24/h1-16H. The molecule has 0 aliphatic carbocycles. The van der Waals surface area contributed by atoms with Gasteiger partial charge in [-0.15, -0.1) is 0 Å². The normalized spacial score (nSPS) is 11.1. The molecule has 122 valence electrons. The van der Waals surface area contributed by atoms with E-state index in [2.05, 4.69) is 94.9 Å². The Kier molecular flexibility index (Phi) is 3.46. The van der Waals surface area contributed by atoms with E-state index >= 15 is 0 Å². The van der Waals surface area contributed by atoms with Gasteiger partial charge in [0.15, 0.2) is 0 Å². The highest BCUT2D eigenvalue weighted by molar-refractivity contribution is 6.09. The molecule has 0 atom stereocenters. The summed E-state index contributed by atoms with van der Waals surface area (Å²) >= 11 is 0. The van der Waals surface area contributed by atoms with Crippen LogP contribution in [0.3, 0.4) is 0 Å². The Morgan fingerprint density at radius 1 is 0.500 bits per heavy atom. The van der Waals surface area contributed by atoms with Crippen molar-refractivity contribution < 1.29 is 0 Å². The maximum Gasteiger partial charge on any atom is 0.116 e. The molecule has 0 radical (unpaired) electrons. The van der Waals surface area contributed by atoms with Gasteiger partial charge in [-0.2, -0.15) is 0 Å². The molecule has 5 aromatic rings. The fraction of sp³-hybridized carbons (Fsp3) is 0. The molecule has 0 unspecified atom stereocenters. The van der Waals surface area contributed by atoms with Crippen LogP contribution in [0.25, 0.3) is 44.1 Å². The smallest absolute Gasteiger partial charge is 0.116 e. The van der Waals surface area contributed by atoms with Crippen LogP contribution >= 0.6 is 0 Å². The van der Waals surface area contributed by atoms with Crippen molar-refractivity contribution in [3.8, 4) is 22.4 Å². The van der Waals surface area contributed by atoms with Gasteiger partial charge >= 0.3 is 0 Å². The van der Waals surface area contributed by atoms with Gasteiger partial charge in [0.05, 0.1) is 11.2 Å². The van der Waals surface area contributed by atoms with Crippen LogP contribution in [0.4, 0.5) is 0 Å². The minimum absolute atomic E-state index is 0.972. The summed E-state index contributed by atoms with van der Waals surface area (Å²) in [6, 6.07) is 31.5. The van der Waals surface area contributed by atoms with E-state index in [0.29, 0.717) is 0 Å². The minimum Gasteiger partial charge on any atom is -0.236 e. The van der Waals surface area contributed by atoms with Crippen LogP contribution in [0.1, 0.15) is 0 Å². The lowest BCUT2D eigenvalue weighted by Gasteiger charge is -2.12. The van der Waals surface area contributed by atoms with Gasteiger partial charge in [0.1, 0.15) is 6.33 Å². The van der Waals surface area contributed by atoms with Gasteiger partial charge in [-0.1, -0.05) is 84.9 Å². The number of nitrogens with zero attached hydrogens (tertiary/aromatic N) is 2. The van der Waals surface area contributed by atoms with Crippen molar-refractivity contribution >= 4 is 21.7 Å². The quantitative estimate of drug-likeness (QED) is 0.364. The topological polar surface area (TPSA) is 25.8 Å². The Morgan fingerprint density at radius 2 is 1.23 bits per heavy atom. The molecule has 5 rings (SSSR count). The summed E-state index contributed by atoms with van der Waals surface area (Å²) in [5.74, 6) is 0. The molecule has 26 heavy (non-hydrogen) atoms. The molecule has 0 saturated heterocycles. The summed E-state index contributed by atoms with van der Waals surface area (Å²) in [5, 5.41) is 3.43. The predicted octanol–water partition coefficient (Wildman–Crippen LogP) is 6.12. The van der Waals surface area contributed by atoms with Crippen molar-refractivity contribution in [2.75, 3.05) is 0 Å². The van der Waals surface area contributed by atoms with Crippen molar-refractivity contribution in [3.63, 3.8) is 0 Å². The Hall–Kier alpha value is -3.52. The van der Waals surface area contributed by atoms with E-state index < -0.39 is 0 Å². The van der Waals surface area contributed by atoms with E-state index in [1.54, 1.807) is 6.33 Å². The number of rotatable bonds is 2. The summed E-state index contributed by atoms with van der Waals surface area (Å²) in [6.45, 7) is 0. The average molecular weight is 332 g/mol. The van der Waals surface area contributed by atoms with Crippen molar-refractivity contribution in [1.29, 1.82) is 0 Å². The van der Waals surface area contributed by atoms with Crippen LogP contribution in [-0.4, -0.2) is 9.97 Å². The first-order valence-electron chi connectivity index (χ1n) is 8.69. The van der Waals surface area contributed by atoms with Crippen LogP contribution in [0, 0.1) is 0 Å². The van der Waals surface area contributed by atoms with Gasteiger partial charge < -0.3 is 0 Å². The van der Waals surface area contributed by atoms with Gasteiger partial charge in [0.25, 0.3) is 0 Å². The number of benzene rings is 4. The van der Waals surface area contributed by atoms with Gasteiger partial charge in [-0.3, -0.25) is 0 Å². The number of hydrogen-bond donors (Lipinski definition) is 0. The van der Waals surface area contributed by atoms with E-state index in [-0.39, 0.29) is 0 Å². The Labute approximate surface area is 151 Å². The van der Waals surface area contributed by atoms with E-state index in [4.69, 9.17) is 0 Å². The molecule has 0 fully saturated rings. The van der Waals surface area contributed by atoms with Crippen molar-refractivity contribution in [3.05, 3.63) is 97.3 Å². The molecule has 2 heteroatoms. The lowest BCUT2D eigenvalue weighted by atomic mass is 9.95. The van der Waals surface area contributed by atoms with Crippen LogP contribution in [0.15, 0.2) is 97.3 Å². The number of fused-ring (bicyclic) bond motifs is 3. The summed E-state index contributed by atoms with van der Waals surface area (Å²) in [7, 11) is 0. The second kappa shape index (κ2) is 6.08. The molecule has 0 bridgehead atoms. The molecule has 1 heterocycles. The Morgan fingerprint density at radius 3 is 2.12 bits per heavy atom. The molecule has 0 aliphatic rings. The second-order valence-electron chi connectivity index (χ2n) is 6.32. The maximum atomic E-state index is 4.66. The highest BCUT2D eigenvalue weighted by atomic mass is 14.8.